The first-order valence-corrected chi connectivity index (χ1v) is 12.9. The van der Waals surface area contributed by atoms with E-state index in [1.54, 1.807) is 6.92 Å². The Morgan fingerprint density at radius 2 is 1.53 bits per heavy atom. The Morgan fingerprint density at radius 1 is 0.933 bits per heavy atom. The first-order valence-electron chi connectivity index (χ1n) is 12.9. The Labute approximate surface area is 187 Å². The standard InChI is InChI=1S/C26H49N3O/c1-4-6-7-8-9-10-11-12-13-14-15-16-17-18-19-20-26-28-22-24-29(26,5-2)23-21-27-25(3)30/h7-8H,4-6,9-24H2,1-3H3/p+1/b8-7+. The molecule has 1 atom stereocenters. The molecule has 174 valence electrons. The molecule has 0 saturated carbocycles. The maximum Gasteiger partial charge on any atom is 0.217 e. The van der Waals surface area contributed by atoms with Crippen molar-refractivity contribution in [2.24, 2.45) is 4.99 Å². The number of hydrogen-bond acceptors (Lipinski definition) is 2. The largest absolute Gasteiger partial charge is 0.351 e. The summed E-state index contributed by atoms with van der Waals surface area (Å²) in [5, 5.41) is 2.96. The van der Waals surface area contributed by atoms with Crippen molar-refractivity contribution in [2.75, 3.05) is 32.7 Å². The zero-order chi connectivity index (χ0) is 21.9. The van der Waals surface area contributed by atoms with Crippen molar-refractivity contribution in [1.82, 2.24) is 5.32 Å². The van der Waals surface area contributed by atoms with Gasteiger partial charge in [0.15, 0.2) is 5.84 Å². The van der Waals surface area contributed by atoms with E-state index >= 15 is 0 Å². The number of carbonyl (C=O) groups is 1. The minimum atomic E-state index is 0.0708. The molecule has 1 N–H and O–H groups in total. The zero-order valence-corrected chi connectivity index (χ0v) is 20.4. The molecule has 1 aliphatic rings. The van der Waals surface area contributed by atoms with Crippen LogP contribution in [0.5, 0.6) is 0 Å². The molecule has 0 radical (unpaired) electrons. The Kier molecular flexibility index (Phi) is 15.7. The highest BCUT2D eigenvalue weighted by Gasteiger charge is 2.35. The number of quaternary nitrogens is 1. The second kappa shape index (κ2) is 17.5. The minimum Gasteiger partial charge on any atom is -0.351 e. The van der Waals surface area contributed by atoms with Gasteiger partial charge in [0, 0.05) is 13.3 Å². The summed E-state index contributed by atoms with van der Waals surface area (Å²) in [6, 6.07) is 0. The van der Waals surface area contributed by atoms with E-state index in [0.717, 1.165) is 43.6 Å². The third kappa shape index (κ3) is 11.9. The molecule has 0 aromatic carbocycles. The number of amides is 1. The van der Waals surface area contributed by atoms with Crippen LogP contribution in [-0.4, -0.2) is 48.9 Å². The molecule has 1 unspecified atom stereocenters. The van der Waals surface area contributed by atoms with Crippen molar-refractivity contribution in [3.63, 3.8) is 0 Å². The number of nitrogens with zero attached hydrogens (tertiary/aromatic N) is 2. The van der Waals surface area contributed by atoms with E-state index in [1.807, 2.05) is 0 Å². The molecular weight excluding hydrogens is 370 g/mol. The van der Waals surface area contributed by atoms with Crippen molar-refractivity contribution in [2.45, 2.75) is 111 Å². The second-order valence-electron chi connectivity index (χ2n) is 9.02. The van der Waals surface area contributed by atoms with Gasteiger partial charge in [0.25, 0.3) is 0 Å². The van der Waals surface area contributed by atoms with Crippen LogP contribution in [0.2, 0.25) is 0 Å². The normalized spacial score (nSPS) is 18.8. The number of allylic oxidation sites excluding steroid dienone is 2. The molecule has 1 heterocycles. The third-order valence-corrected chi connectivity index (χ3v) is 6.53. The molecule has 0 aliphatic carbocycles. The lowest BCUT2D eigenvalue weighted by Crippen LogP contribution is -2.54. The Hall–Kier alpha value is -1.16. The maximum absolute atomic E-state index is 11.2. The van der Waals surface area contributed by atoms with Gasteiger partial charge in [0.05, 0.1) is 19.6 Å². The molecule has 0 fully saturated rings. The van der Waals surface area contributed by atoms with Gasteiger partial charge < -0.3 is 5.32 Å². The molecule has 0 aromatic heterocycles. The Morgan fingerprint density at radius 3 is 2.13 bits per heavy atom. The van der Waals surface area contributed by atoms with Crippen LogP contribution in [0, 0.1) is 0 Å². The monoisotopic (exact) mass is 420 g/mol. The van der Waals surface area contributed by atoms with Gasteiger partial charge >= 0.3 is 0 Å². The number of hydrogen-bond donors (Lipinski definition) is 1. The van der Waals surface area contributed by atoms with Crippen LogP contribution >= 0.6 is 0 Å². The van der Waals surface area contributed by atoms with Gasteiger partial charge in [0.2, 0.25) is 5.91 Å². The molecular formula is C26H50N3O+. The van der Waals surface area contributed by atoms with Crippen molar-refractivity contribution in [3.8, 4) is 0 Å². The van der Waals surface area contributed by atoms with E-state index in [2.05, 4.69) is 31.3 Å². The Bertz CT molecular complexity index is 501. The molecule has 30 heavy (non-hydrogen) atoms. The summed E-state index contributed by atoms with van der Waals surface area (Å²) in [5.74, 6) is 1.45. The fourth-order valence-electron chi connectivity index (χ4n) is 4.51. The molecule has 1 amide bonds. The summed E-state index contributed by atoms with van der Waals surface area (Å²) in [5.41, 5.74) is 0. The number of aliphatic imine (C=N–C) groups is 1. The average molecular weight is 421 g/mol. The fourth-order valence-corrected chi connectivity index (χ4v) is 4.51. The van der Waals surface area contributed by atoms with Crippen molar-refractivity contribution in [3.05, 3.63) is 12.2 Å². The predicted octanol–water partition coefficient (Wildman–Crippen LogP) is 6.41. The van der Waals surface area contributed by atoms with Gasteiger partial charge in [-0.3, -0.25) is 9.28 Å². The second-order valence-corrected chi connectivity index (χ2v) is 9.02. The number of unbranched alkanes of at least 4 members (excludes halogenated alkanes) is 11. The van der Waals surface area contributed by atoms with Crippen LogP contribution in [0.4, 0.5) is 0 Å². The lowest BCUT2D eigenvalue weighted by atomic mass is 10.0. The van der Waals surface area contributed by atoms with Crippen LogP contribution in [0.3, 0.4) is 0 Å². The van der Waals surface area contributed by atoms with Crippen molar-refractivity contribution < 1.29 is 9.28 Å². The number of nitrogens with one attached hydrogen (secondary N) is 1. The number of likely N-dealkylation sites (N-methyl/N-ethyl adjacent to an activating group) is 1. The SMILES string of the molecule is CCC/C=C/CCCCCCCCCCCCC1=NCC[N+]1(CC)CCNC(C)=O. The van der Waals surface area contributed by atoms with E-state index in [0.29, 0.717) is 0 Å². The summed E-state index contributed by atoms with van der Waals surface area (Å²) in [6.07, 6.45) is 23.4. The molecule has 0 spiro atoms. The third-order valence-electron chi connectivity index (χ3n) is 6.53. The summed E-state index contributed by atoms with van der Waals surface area (Å²) in [4.78, 5) is 16.0. The van der Waals surface area contributed by atoms with E-state index in [9.17, 15) is 4.79 Å². The first kappa shape index (κ1) is 26.9. The fraction of sp³-hybridized carbons (Fsp3) is 0.846. The van der Waals surface area contributed by atoms with Crippen LogP contribution in [0.1, 0.15) is 111 Å². The highest BCUT2D eigenvalue weighted by Crippen LogP contribution is 2.20. The summed E-state index contributed by atoms with van der Waals surface area (Å²) in [6.45, 7) is 11.0. The number of carbonyl (C=O) groups excluding carboxylic acids is 1. The van der Waals surface area contributed by atoms with E-state index in [-0.39, 0.29) is 5.91 Å². The van der Waals surface area contributed by atoms with Gasteiger partial charge in [-0.05, 0) is 32.6 Å². The number of amidine groups is 1. The van der Waals surface area contributed by atoms with Gasteiger partial charge in [-0.15, -0.1) is 0 Å². The van der Waals surface area contributed by atoms with Gasteiger partial charge in [-0.1, -0.05) is 76.9 Å². The number of rotatable bonds is 19. The first-order chi connectivity index (χ1) is 14.6. The van der Waals surface area contributed by atoms with Gasteiger partial charge in [-0.25, -0.2) is 4.99 Å². The summed E-state index contributed by atoms with van der Waals surface area (Å²) >= 11 is 0. The molecule has 4 heteroatoms. The van der Waals surface area contributed by atoms with E-state index in [4.69, 9.17) is 4.99 Å². The molecule has 0 saturated heterocycles. The van der Waals surface area contributed by atoms with Gasteiger partial charge in [-0.2, -0.15) is 0 Å². The maximum atomic E-state index is 11.2. The molecule has 0 aromatic rings. The Balaban J connectivity index is 1.99. The quantitative estimate of drug-likeness (QED) is 0.146. The summed E-state index contributed by atoms with van der Waals surface area (Å²) in [7, 11) is 0. The van der Waals surface area contributed by atoms with Crippen LogP contribution in [0.15, 0.2) is 17.1 Å². The van der Waals surface area contributed by atoms with Crippen LogP contribution in [-0.2, 0) is 4.79 Å². The lowest BCUT2D eigenvalue weighted by molar-refractivity contribution is -0.833. The highest BCUT2D eigenvalue weighted by atomic mass is 16.1. The van der Waals surface area contributed by atoms with E-state index in [1.165, 1.54) is 89.3 Å². The molecule has 0 bridgehead atoms. The average Bonchev–Trinajstić information content (AvgIpc) is 3.13. The highest BCUT2D eigenvalue weighted by molar-refractivity contribution is 5.77. The lowest BCUT2D eigenvalue weighted by Gasteiger charge is -2.33. The van der Waals surface area contributed by atoms with Gasteiger partial charge in [0.1, 0.15) is 13.1 Å². The molecule has 4 nitrogen and oxygen atoms in total. The van der Waals surface area contributed by atoms with Crippen LogP contribution < -0.4 is 5.32 Å². The minimum absolute atomic E-state index is 0.0708. The summed E-state index contributed by atoms with van der Waals surface area (Å²) < 4.78 is 0.995. The van der Waals surface area contributed by atoms with E-state index < -0.39 is 0 Å². The van der Waals surface area contributed by atoms with Crippen molar-refractivity contribution >= 4 is 11.7 Å². The topological polar surface area (TPSA) is 41.5 Å². The molecule has 1 aliphatic heterocycles. The molecule has 1 rings (SSSR count). The van der Waals surface area contributed by atoms with Crippen LogP contribution in [0.25, 0.3) is 0 Å². The smallest absolute Gasteiger partial charge is 0.217 e. The van der Waals surface area contributed by atoms with Crippen molar-refractivity contribution in [1.29, 1.82) is 0 Å². The predicted molar refractivity (Wildman–Crippen MR) is 131 cm³/mol. The zero-order valence-electron chi connectivity index (χ0n) is 20.4.